The fourth-order valence-corrected chi connectivity index (χ4v) is 2.60. The summed E-state index contributed by atoms with van der Waals surface area (Å²) in [7, 11) is 1.21. The lowest BCUT2D eigenvalue weighted by Gasteiger charge is -2.18. The van der Waals surface area contributed by atoms with E-state index in [0.29, 0.717) is 6.54 Å². The molecule has 106 valence electrons. The van der Waals surface area contributed by atoms with Crippen molar-refractivity contribution in [1.29, 1.82) is 0 Å². The summed E-state index contributed by atoms with van der Waals surface area (Å²) in [5.41, 5.74) is 0.157. The molecule has 1 aromatic rings. The molecule has 1 unspecified atom stereocenters. The maximum Gasteiger partial charge on any atom is 0.339 e. The molecule has 1 aromatic carbocycles. The highest BCUT2D eigenvalue weighted by atomic mass is 79.9. The zero-order valence-corrected chi connectivity index (χ0v) is 12.1. The van der Waals surface area contributed by atoms with Gasteiger partial charge < -0.3 is 9.64 Å². The highest BCUT2D eigenvalue weighted by molar-refractivity contribution is 9.09. The third-order valence-electron chi connectivity index (χ3n) is 2.97. The molecule has 0 spiro atoms. The molecule has 0 bridgehead atoms. The summed E-state index contributed by atoms with van der Waals surface area (Å²) in [5.74, 6) is -0.835. The van der Waals surface area contributed by atoms with Gasteiger partial charge in [0.1, 0.15) is 0 Å². The van der Waals surface area contributed by atoms with E-state index in [4.69, 9.17) is 0 Å². The predicted octanol–water partition coefficient (Wildman–Crippen LogP) is 1.88. The van der Waals surface area contributed by atoms with Gasteiger partial charge in [-0.15, -0.1) is 0 Å². The van der Waals surface area contributed by atoms with Crippen LogP contribution in [0.2, 0.25) is 0 Å². The number of esters is 1. The average molecular weight is 343 g/mol. The smallest absolute Gasteiger partial charge is 0.339 e. The molecule has 1 atom stereocenters. The first kappa shape index (κ1) is 14.4. The molecule has 1 heterocycles. The summed E-state index contributed by atoms with van der Waals surface area (Å²) in [5, 5.41) is 10.8. The van der Waals surface area contributed by atoms with E-state index in [1.54, 1.807) is 0 Å². The number of halogens is 1. The first-order chi connectivity index (χ1) is 9.43. The second-order valence-electron chi connectivity index (χ2n) is 4.26. The summed E-state index contributed by atoms with van der Waals surface area (Å²) in [6.07, 6.45) is 0.281. The van der Waals surface area contributed by atoms with Crippen molar-refractivity contribution >= 4 is 39.2 Å². The van der Waals surface area contributed by atoms with Crippen LogP contribution in [-0.2, 0) is 9.53 Å². The van der Waals surface area contributed by atoms with Gasteiger partial charge >= 0.3 is 5.97 Å². The van der Waals surface area contributed by atoms with E-state index in [0.717, 1.165) is 0 Å². The lowest BCUT2D eigenvalue weighted by atomic mass is 10.1. The van der Waals surface area contributed by atoms with E-state index in [1.807, 2.05) is 0 Å². The largest absolute Gasteiger partial charge is 0.465 e. The monoisotopic (exact) mass is 342 g/mol. The molecule has 1 aliphatic rings. The number of ether oxygens (including phenoxy) is 1. The lowest BCUT2D eigenvalue weighted by Crippen LogP contribution is -2.27. The van der Waals surface area contributed by atoms with Crippen molar-refractivity contribution in [2.24, 2.45) is 0 Å². The third kappa shape index (κ3) is 2.64. The first-order valence-electron chi connectivity index (χ1n) is 5.75. The van der Waals surface area contributed by atoms with Crippen LogP contribution in [0.4, 0.5) is 11.4 Å². The fraction of sp³-hybridized carbons (Fsp3) is 0.333. The molecule has 0 saturated carbocycles. The molecule has 2 rings (SSSR count). The van der Waals surface area contributed by atoms with Gasteiger partial charge in [0.15, 0.2) is 0 Å². The summed E-state index contributed by atoms with van der Waals surface area (Å²) in [6, 6.07) is 3.73. The number of methoxy groups -OCH3 is 1. The minimum Gasteiger partial charge on any atom is -0.465 e. The minimum absolute atomic E-state index is 0.0419. The molecular weight excluding hydrogens is 332 g/mol. The van der Waals surface area contributed by atoms with Gasteiger partial charge in [-0.1, -0.05) is 15.9 Å². The molecule has 1 amide bonds. The number of anilines is 1. The SMILES string of the molecule is COC(=O)c1ccc([N+](=O)[O-])cc1N1CC(Br)CC1=O. The van der Waals surface area contributed by atoms with Crippen LogP contribution >= 0.6 is 15.9 Å². The zero-order valence-electron chi connectivity index (χ0n) is 10.5. The van der Waals surface area contributed by atoms with E-state index in [-0.39, 0.29) is 34.1 Å². The summed E-state index contributed by atoms with van der Waals surface area (Å²) >= 11 is 3.33. The van der Waals surface area contributed by atoms with Crippen molar-refractivity contribution in [1.82, 2.24) is 0 Å². The van der Waals surface area contributed by atoms with Crippen LogP contribution in [0.15, 0.2) is 18.2 Å². The van der Waals surface area contributed by atoms with Crippen LogP contribution in [-0.4, -0.2) is 35.3 Å². The Morgan fingerprint density at radius 1 is 1.55 bits per heavy atom. The molecule has 0 aliphatic carbocycles. The van der Waals surface area contributed by atoms with Crippen LogP contribution < -0.4 is 4.90 Å². The number of non-ortho nitro benzene ring substituents is 1. The zero-order chi connectivity index (χ0) is 14.9. The number of nitrogens with zero attached hydrogens (tertiary/aromatic N) is 2. The average Bonchev–Trinajstić information content (AvgIpc) is 2.76. The van der Waals surface area contributed by atoms with Crippen LogP contribution in [0.3, 0.4) is 0 Å². The van der Waals surface area contributed by atoms with Crippen molar-refractivity contribution < 1.29 is 19.2 Å². The van der Waals surface area contributed by atoms with Gasteiger partial charge in [-0.25, -0.2) is 4.79 Å². The van der Waals surface area contributed by atoms with E-state index in [2.05, 4.69) is 20.7 Å². The Bertz CT molecular complexity index is 589. The summed E-state index contributed by atoms with van der Waals surface area (Å²) in [6.45, 7) is 0.351. The number of alkyl halides is 1. The first-order valence-corrected chi connectivity index (χ1v) is 6.66. The van der Waals surface area contributed by atoms with E-state index in [1.165, 1.54) is 30.2 Å². The fourth-order valence-electron chi connectivity index (χ4n) is 2.04. The Hall–Kier alpha value is -1.96. The Labute approximate surface area is 122 Å². The second kappa shape index (κ2) is 5.58. The van der Waals surface area contributed by atoms with Crippen molar-refractivity contribution in [2.75, 3.05) is 18.6 Å². The predicted molar refractivity (Wildman–Crippen MR) is 74.1 cm³/mol. The number of rotatable bonds is 3. The number of amides is 1. The van der Waals surface area contributed by atoms with Gasteiger partial charge in [0.05, 0.1) is 23.3 Å². The molecule has 1 fully saturated rings. The van der Waals surface area contributed by atoms with E-state index in [9.17, 15) is 19.7 Å². The Morgan fingerprint density at radius 2 is 2.25 bits per heavy atom. The molecule has 8 heteroatoms. The lowest BCUT2D eigenvalue weighted by molar-refractivity contribution is -0.384. The molecule has 7 nitrogen and oxygen atoms in total. The highest BCUT2D eigenvalue weighted by Gasteiger charge is 2.32. The molecule has 0 N–H and O–H groups in total. The van der Waals surface area contributed by atoms with Crippen molar-refractivity contribution in [3.05, 3.63) is 33.9 Å². The maximum absolute atomic E-state index is 11.9. The van der Waals surface area contributed by atoms with Crippen molar-refractivity contribution in [3.63, 3.8) is 0 Å². The number of carbonyl (C=O) groups excluding carboxylic acids is 2. The Kier molecular flexibility index (Phi) is 4.03. The quantitative estimate of drug-likeness (QED) is 0.362. The van der Waals surface area contributed by atoms with Gasteiger partial charge in [0, 0.05) is 29.9 Å². The van der Waals surface area contributed by atoms with Crippen LogP contribution in [0.25, 0.3) is 0 Å². The number of hydrogen-bond acceptors (Lipinski definition) is 5. The maximum atomic E-state index is 11.9. The normalized spacial score (nSPS) is 18.2. The number of hydrogen-bond donors (Lipinski definition) is 0. The topological polar surface area (TPSA) is 89.8 Å². The third-order valence-corrected chi connectivity index (χ3v) is 3.58. The minimum atomic E-state index is -0.638. The van der Waals surface area contributed by atoms with Crippen LogP contribution in [0, 0.1) is 10.1 Å². The standard InChI is InChI=1S/C12H11BrN2O5/c1-20-12(17)9-3-2-8(15(18)19)5-10(9)14-6-7(13)4-11(14)16/h2-3,5,7H,4,6H2,1H3. The molecule has 0 radical (unpaired) electrons. The number of nitro benzene ring substituents is 1. The summed E-state index contributed by atoms with van der Waals surface area (Å²) < 4.78 is 4.64. The highest BCUT2D eigenvalue weighted by Crippen LogP contribution is 2.31. The van der Waals surface area contributed by atoms with Gasteiger partial charge in [-0.3, -0.25) is 14.9 Å². The van der Waals surface area contributed by atoms with Crippen LogP contribution in [0.1, 0.15) is 16.8 Å². The van der Waals surface area contributed by atoms with Gasteiger partial charge in [0.2, 0.25) is 5.91 Å². The summed E-state index contributed by atoms with van der Waals surface area (Å²) in [4.78, 5) is 35.2. The number of benzene rings is 1. The van der Waals surface area contributed by atoms with Crippen LogP contribution in [0.5, 0.6) is 0 Å². The number of carbonyl (C=O) groups is 2. The molecular formula is C12H11BrN2O5. The van der Waals surface area contributed by atoms with Gasteiger partial charge in [-0.05, 0) is 6.07 Å². The van der Waals surface area contributed by atoms with E-state index >= 15 is 0 Å². The van der Waals surface area contributed by atoms with Crippen molar-refractivity contribution in [2.45, 2.75) is 11.2 Å². The van der Waals surface area contributed by atoms with E-state index < -0.39 is 10.9 Å². The Morgan fingerprint density at radius 3 is 2.75 bits per heavy atom. The molecule has 1 saturated heterocycles. The van der Waals surface area contributed by atoms with Gasteiger partial charge in [-0.2, -0.15) is 0 Å². The number of nitro groups is 1. The molecule has 0 aromatic heterocycles. The molecule has 20 heavy (non-hydrogen) atoms. The second-order valence-corrected chi connectivity index (χ2v) is 5.55. The Balaban J connectivity index is 2.52. The van der Waals surface area contributed by atoms with Gasteiger partial charge in [0.25, 0.3) is 5.69 Å². The molecule has 1 aliphatic heterocycles. The van der Waals surface area contributed by atoms with Crippen molar-refractivity contribution in [3.8, 4) is 0 Å².